The van der Waals surface area contributed by atoms with Crippen LogP contribution in [0.25, 0.3) is 0 Å². The molecular weight excluding hydrogens is 236 g/mol. The maximum atomic E-state index is 12.1. The number of hydrogen-bond acceptors (Lipinski definition) is 2. The minimum absolute atomic E-state index is 0.285. The number of likely N-dealkylation sites (tertiary alicyclic amines) is 1. The average Bonchev–Trinajstić information content (AvgIpc) is 2.82. The zero-order chi connectivity index (χ0) is 13.1. The Bertz CT molecular complexity index is 426. The molecule has 3 heteroatoms. The second-order valence-electron chi connectivity index (χ2n) is 5.65. The first kappa shape index (κ1) is 12.7. The third kappa shape index (κ3) is 2.81. The van der Waals surface area contributed by atoms with Crippen molar-refractivity contribution in [3.63, 3.8) is 0 Å². The number of anilines is 1. The summed E-state index contributed by atoms with van der Waals surface area (Å²) in [6.07, 6.45) is 5.69. The molecule has 2 fully saturated rings. The molecule has 0 saturated carbocycles. The van der Waals surface area contributed by atoms with Crippen LogP contribution in [0.2, 0.25) is 0 Å². The van der Waals surface area contributed by atoms with Crippen LogP contribution < -0.4 is 4.90 Å². The van der Waals surface area contributed by atoms with Gasteiger partial charge < -0.3 is 9.80 Å². The Morgan fingerprint density at radius 2 is 1.79 bits per heavy atom. The molecule has 1 amide bonds. The molecule has 102 valence electrons. The first-order valence-corrected chi connectivity index (χ1v) is 7.44. The monoisotopic (exact) mass is 258 g/mol. The number of carbonyl (C=O) groups is 1. The molecule has 0 aliphatic carbocycles. The standard InChI is InChI=1S/C16H22N2O/c19-16-10-9-15(13-17-11-5-2-6-12-17)18(16)14-7-3-1-4-8-14/h1,3-4,7-8,15H,2,5-6,9-13H2. The van der Waals surface area contributed by atoms with Gasteiger partial charge in [0.05, 0.1) is 6.04 Å². The lowest BCUT2D eigenvalue weighted by molar-refractivity contribution is -0.117. The summed E-state index contributed by atoms with van der Waals surface area (Å²) >= 11 is 0. The highest BCUT2D eigenvalue weighted by Crippen LogP contribution is 2.27. The molecule has 0 bridgehead atoms. The molecule has 1 aromatic carbocycles. The SMILES string of the molecule is O=C1CCC(CN2CCCCC2)N1c1ccccc1. The van der Waals surface area contributed by atoms with Crippen LogP contribution >= 0.6 is 0 Å². The minimum Gasteiger partial charge on any atom is -0.308 e. The van der Waals surface area contributed by atoms with Crippen molar-refractivity contribution in [2.24, 2.45) is 0 Å². The van der Waals surface area contributed by atoms with Crippen LogP contribution in [0.4, 0.5) is 5.69 Å². The van der Waals surface area contributed by atoms with Gasteiger partial charge in [0, 0.05) is 18.7 Å². The molecule has 0 aromatic heterocycles. The lowest BCUT2D eigenvalue weighted by Gasteiger charge is -2.33. The van der Waals surface area contributed by atoms with Crippen LogP contribution in [-0.2, 0) is 4.79 Å². The van der Waals surface area contributed by atoms with Crippen molar-refractivity contribution in [2.75, 3.05) is 24.5 Å². The van der Waals surface area contributed by atoms with Gasteiger partial charge in [-0.15, -0.1) is 0 Å². The number of rotatable bonds is 3. The van der Waals surface area contributed by atoms with E-state index in [1.165, 1.54) is 32.4 Å². The molecule has 3 nitrogen and oxygen atoms in total. The van der Waals surface area contributed by atoms with Gasteiger partial charge in [0.15, 0.2) is 0 Å². The quantitative estimate of drug-likeness (QED) is 0.832. The van der Waals surface area contributed by atoms with Crippen molar-refractivity contribution in [2.45, 2.75) is 38.1 Å². The van der Waals surface area contributed by atoms with Crippen molar-refractivity contribution >= 4 is 11.6 Å². The summed E-state index contributed by atoms with van der Waals surface area (Å²) in [6.45, 7) is 3.45. The van der Waals surface area contributed by atoms with E-state index >= 15 is 0 Å². The third-order valence-corrected chi connectivity index (χ3v) is 4.28. The predicted octanol–water partition coefficient (Wildman–Crippen LogP) is 2.67. The van der Waals surface area contributed by atoms with Crippen molar-refractivity contribution in [3.8, 4) is 0 Å². The number of hydrogen-bond donors (Lipinski definition) is 0. The molecule has 2 aliphatic heterocycles. The van der Waals surface area contributed by atoms with E-state index in [-0.39, 0.29) is 5.91 Å². The molecule has 1 aromatic rings. The first-order valence-electron chi connectivity index (χ1n) is 7.44. The van der Waals surface area contributed by atoms with E-state index in [4.69, 9.17) is 0 Å². The highest BCUT2D eigenvalue weighted by molar-refractivity contribution is 5.96. The molecule has 2 heterocycles. The van der Waals surface area contributed by atoms with Crippen molar-refractivity contribution < 1.29 is 4.79 Å². The lowest BCUT2D eigenvalue weighted by Crippen LogP contribution is -2.43. The van der Waals surface area contributed by atoms with Crippen LogP contribution in [0.3, 0.4) is 0 Å². The molecule has 3 rings (SSSR count). The maximum Gasteiger partial charge on any atom is 0.227 e. The molecule has 2 aliphatic rings. The number of piperidine rings is 1. The fourth-order valence-corrected chi connectivity index (χ4v) is 3.30. The van der Waals surface area contributed by atoms with Crippen LogP contribution in [0.1, 0.15) is 32.1 Å². The summed E-state index contributed by atoms with van der Waals surface area (Å²) in [4.78, 5) is 16.7. The van der Waals surface area contributed by atoms with Crippen molar-refractivity contribution in [1.82, 2.24) is 4.90 Å². The Morgan fingerprint density at radius 3 is 2.53 bits per heavy atom. The van der Waals surface area contributed by atoms with Gasteiger partial charge in [-0.3, -0.25) is 4.79 Å². The summed E-state index contributed by atoms with van der Waals surface area (Å²) in [6, 6.07) is 10.5. The Hall–Kier alpha value is -1.35. The first-order chi connectivity index (χ1) is 9.34. The summed E-state index contributed by atoms with van der Waals surface area (Å²) in [5, 5.41) is 0. The summed E-state index contributed by atoms with van der Waals surface area (Å²) in [7, 11) is 0. The predicted molar refractivity (Wildman–Crippen MR) is 77.2 cm³/mol. The number of carbonyl (C=O) groups excluding carboxylic acids is 1. The Balaban J connectivity index is 1.71. The number of amides is 1. The van der Waals surface area contributed by atoms with Crippen LogP contribution in [0.15, 0.2) is 30.3 Å². The molecule has 19 heavy (non-hydrogen) atoms. The highest BCUT2D eigenvalue weighted by Gasteiger charge is 2.33. The molecule has 0 N–H and O–H groups in total. The van der Waals surface area contributed by atoms with E-state index in [0.29, 0.717) is 12.5 Å². The smallest absolute Gasteiger partial charge is 0.227 e. The lowest BCUT2D eigenvalue weighted by atomic mass is 10.1. The van der Waals surface area contributed by atoms with E-state index < -0.39 is 0 Å². The van der Waals surface area contributed by atoms with Crippen molar-refractivity contribution in [1.29, 1.82) is 0 Å². The molecule has 1 unspecified atom stereocenters. The van der Waals surface area contributed by atoms with Crippen LogP contribution in [0.5, 0.6) is 0 Å². The van der Waals surface area contributed by atoms with E-state index in [1.54, 1.807) is 0 Å². The largest absolute Gasteiger partial charge is 0.308 e. The number of benzene rings is 1. The topological polar surface area (TPSA) is 23.6 Å². The minimum atomic E-state index is 0.285. The van der Waals surface area contributed by atoms with Gasteiger partial charge in [-0.1, -0.05) is 24.6 Å². The normalized spacial score (nSPS) is 24.9. The van der Waals surface area contributed by atoms with E-state index in [1.807, 2.05) is 35.2 Å². The molecule has 0 spiro atoms. The third-order valence-electron chi connectivity index (χ3n) is 4.28. The van der Waals surface area contributed by atoms with Gasteiger partial charge in [-0.2, -0.15) is 0 Å². The van der Waals surface area contributed by atoms with E-state index in [2.05, 4.69) is 4.90 Å². The Kier molecular flexibility index (Phi) is 3.83. The van der Waals surface area contributed by atoms with E-state index in [0.717, 1.165) is 18.7 Å². The van der Waals surface area contributed by atoms with E-state index in [9.17, 15) is 4.79 Å². The van der Waals surface area contributed by atoms with Gasteiger partial charge in [-0.05, 0) is 44.5 Å². The van der Waals surface area contributed by atoms with Gasteiger partial charge in [0.2, 0.25) is 5.91 Å². The van der Waals surface area contributed by atoms with Crippen LogP contribution in [-0.4, -0.2) is 36.5 Å². The molecule has 2 saturated heterocycles. The fraction of sp³-hybridized carbons (Fsp3) is 0.562. The van der Waals surface area contributed by atoms with Gasteiger partial charge in [-0.25, -0.2) is 0 Å². The molecule has 1 atom stereocenters. The second-order valence-corrected chi connectivity index (χ2v) is 5.65. The van der Waals surface area contributed by atoms with Gasteiger partial charge in [0.1, 0.15) is 0 Å². The molecular formula is C16H22N2O. The van der Waals surface area contributed by atoms with Crippen molar-refractivity contribution in [3.05, 3.63) is 30.3 Å². The van der Waals surface area contributed by atoms with Crippen LogP contribution in [0, 0.1) is 0 Å². The Morgan fingerprint density at radius 1 is 1.05 bits per heavy atom. The fourth-order valence-electron chi connectivity index (χ4n) is 3.30. The average molecular weight is 258 g/mol. The zero-order valence-electron chi connectivity index (χ0n) is 11.4. The Labute approximate surface area is 115 Å². The summed E-state index contributed by atoms with van der Waals surface area (Å²) in [5.41, 5.74) is 1.06. The number of para-hydroxylation sites is 1. The summed E-state index contributed by atoms with van der Waals surface area (Å²) < 4.78 is 0. The second kappa shape index (κ2) is 5.74. The molecule has 0 radical (unpaired) electrons. The van der Waals surface area contributed by atoms with Gasteiger partial charge in [0.25, 0.3) is 0 Å². The highest BCUT2D eigenvalue weighted by atomic mass is 16.2. The number of nitrogens with zero attached hydrogens (tertiary/aromatic N) is 2. The maximum absolute atomic E-state index is 12.1. The summed E-state index contributed by atoms with van der Waals surface area (Å²) in [5.74, 6) is 0.285. The zero-order valence-corrected chi connectivity index (χ0v) is 11.4. The van der Waals surface area contributed by atoms with Gasteiger partial charge >= 0.3 is 0 Å².